The van der Waals surface area contributed by atoms with Crippen LogP contribution in [0.25, 0.3) is 0 Å². The average Bonchev–Trinajstić information content (AvgIpc) is 2.88. The Morgan fingerprint density at radius 1 is 1.41 bits per heavy atom. The van der Waals surface area contributed by atoms with Crippen molar-refractivity contribution >= 4 is 5.78 Å². The highest BCUT2D eigenvalue weighted by molar-refractivity contribution is 6.01. The number of carbonyl (C=O) groups excluding carboxylic acids is 1. The number of methoxy groups -OCH3 is 1. The van der Waals surface area contributed by atoms with Gasteiger partial charge in [-0.05, 0) is 12.8 Å². The van der Waals surface area contributed by atoms with Gasteiger partial charge in [-0.3, -0.25) is 4.79 Å². The van der Waals surface area contributed by atoms with Gasteiger partial charge in [0.25, 0.3) is 0 Å². The van der Waals surface area contributed by atoms with E-state index in [4.69, 9.17) is 10.5 Å². The lowest BCUT2D eigenvalue weighted by atomic mass is 9.80. The molecule has 1 aromatic rings. The van der Waals surface area contributed by atoms with Crippen LogP contribution in [0.4, 0.5) is 0 Å². The summed E-state index contributed by atoms with van der Waals surface area (Å²) in [6.45, 7) is 0.367. The molecule has 17 heavy (non-hydrogen) atoms. The summed E-state index contributed by atoms with van der Waals surface area (Å²) in [6, 6.07) is 0. The van der Waals surface area contributed by atoms with Crippen molar-refractivity contribution in [2.24, 2.45) is 11.1 Å². The fourth-order valence-corrected chi connectivity index (χ4v) is 2.46. The summed E-state index contributed by atoms with van der Waals surface area (Å²) in [7, 11) is 1.49. The zero-order chi connectivity index (χ0) is 12.3. The van der Waals surface area contributed by atoms with Crippen LogP contribution in [0.3, 0.4) is 0 Å². The van der Waals surface area contributed by atoms with Gasteiger partial charge in [-0.1, -0.05) is 12.8 Å². The molecular weight excluding hydrogens is 218 g/mol. The number of hydrogen-bond donors (Lipinski definition) is 1. The SMILES string of the molecule is COc1nccnc1C(=O)C1(CN)CCCC1. The maximum Gasteiger partial charge on any atom is 0.243 e. The van der Waals surface area contributed by atoms with Gasteiger partial charge in [-0.15, -0.1) is 0 Å². The molecule has 0 amide bonds. The van der Waals surface area contributed by atoms with Gasteiger partial charge >= 0.3 is 0 Å². The number of nitrogens with two attached hydrogens (primary N) is 1. The van der Waals surface area contributed by atoms with E-state index in [-0.39, 0.29) is 11.7 Å². The molecule has 1 fully saturated rings. The Morgan fingerprint density at radius 2 is 2.06 bits per heavy atom. The van der Waals surface area contributed by atoms with E-state index in [0.29, 0.717) is 12.2 Å². The Balaban J connectivity index is 2.35. The Labute approximate surface area is 100 Å². The van der Waals surface area contributed by atoms with Gasteiger partial charge in [0.15, 0.2) is 11.5 Å². The Morgan fingerprint density at radius 3 is 2.65 bits per heavy atom. The molecule has 0 aromatic carbocycles. The molecule has 0 aliphatic heterocycles. The van der Waals surface area contributed by atoms with Crippen molar-refractivity contribution in [3.8, 4) is 5.88 Å². The minimum absolute atomic E-state index is 0.0255. The number of hydrogen-bond acceptors (Lipinski definition) is 5. The monoisotopic (exact) mass is 235 g/mol. The molecule has 1 heterocycles. The molecule has 0 spiro atoms. The summed E-state index contributed by atoms with van der Waals surface area (Å²) in [4.78, 5) is 20.6. The van der Waals surface area contributed by atoms with Crippen molar-refractivity contribution in [1.82, 2.24) is 9.97 Å². The quantitative estimate of drug-likeness (QED) is 0.793. The fraction of sp³-hybridized carbons (Fsp3) is 0.583. The maximum atomic E-state index is 12.5. The molecule has 0 radical (unpaired) electrons. The largest absolute Gasteiger partial charge is 0.479 e. The van der Waals surface area contributed by atoms with E-state index in [1.54, 1.807) is 0 Å². The molecule has 92 valence electrons. The van der Waals surface area contributed by atoms with Crippen LogP contribution in [-0.2, 0) is 0 Å². The molecule has 1 aromatic heterocycles. The lowest BCUT2D eigenvalue weighted by molar-refractivity contribution is 0.0799. The number of ketones is 1. The zero-order valence-electron chi connectivity index (χ0n) is 9.98. The highest BCUT2D eigenvalue weighted by atomic mass is 16.5. The highest BCUT2D eigenvalue weighted by Gasteiger charge is 2.42. The standard InChI is InChI=1S/C12H17N3O2/c1-17-11-9(14-6-7-15-11)10(16)12(8-13)4-2-3-5-12/h6-7H,2-5,8,13H2,1H3. The molecular formula is C12H17N3O2. The summed E-state index contributed by atoms with van der Waals surface area (Å²) in [5.41, 5.74) is 5.64. The van der Waals surface area contributed by atoms with Crippen LogP contribution >= 0.6 is 0 Å². The van der Waals surface area contributed by atoms with Gasteiger partial charge in [0, 0.05) is 24.4 Å². The van der Waals surface area contributed by atoms with E-state index in [0.717, 1.165) is 25.7 Å². The van der Waals surface area contributed by atoms with Gasteiger partial charge in [0.2, 0.25) is 5.88 Å². The van der Waals surface area contributed by atoms with Crippen molar-refractivity contribution in [3.05, 3.63) is 18.1 Å². The molecule has 0 bridgehead atoms. The van der Waals surface area contributed by atoms with Crippen molar-refractivity contribution in [1.29, 1.82) is 0 Å². The number of aromatic nitrogens is 2. The predicted octanol–water partition coefficient (Wildman–Crippen LogP) is 1.19. The lowest BCUT2D eigenvalue weighted by Crippen LogP contribution is -2.36. The first kappa shape index (κ1) is 12.0. The van der Waals surface area contributed by atoms with Crippen LogP contribution in [0.1, 0.15) is 36.2 Å². The first-order valence-electron chi connectivity index (χ1n) is 5.83. The molecule has 2 N–H and O–H groups in total. The van der Waals surface area contributed by atoms with E-state index >= 15 is 0 Å². The van der Waals surface area contributed by atoms with Gasteiger partial charge in [0.1, 0.15) is 0 Å². The molecule has 5 nitrogen and oxygen atoms in total. The van der Waals surface area contributed by atoms with Gasteiger partial charge in [-0.2, -0.15) is 0 Å². The van der Waals surface area contributed by atoms with Crippen LogP contribution in [0.15, 0.2) is 12.4 Å². The van der Waals surface area contributed by atoms with Crippen LogP contribution in [0.2, 0.25) is 0 Å². The summed E-state index contributed by atoms with van der Waals surface area (Å²) in [5, 5.41) is 0. The minimum atomic E-state index is -0.455. The molecule has 1 aliphatic carbocycles. The third kappa shape index (κ3) is 2.02. The van der Waals surface area contributed by atoms with Crippen molar-refractivity contribution in [2.75, 3.05) is 13.7 Å². The second-order valence-electron chi connectivity index (χ2n) is 4.43. The number of rotatable bonds is 4. The lowest BCUT2D eigenvalue weighted by Gasteiger charge is -2.25. The van der Waals surface area contributed by atoms with E-state index in [1.807, 2.05) is 0 Å². The molecule has 1 aliphatic rings. The molecule has 0 atom stereocenters. The molecule has 2 rings (SSSR count). The Hall–Kier alpha value is -1.49. The molecule has 0 unspecified atom stereocenters. The first-order valence-corrected chi connectivity index (χ1v) is 5.83. The van der Waals surface area contributed by atoms with Crippen molar-refractivity contribution in [2.45, 2.75) is 25.7 Å². The number of carbonyl (C=O) groups is 1. The van der Waals surface area contributed by atoms with E-state index in [2.05, 4.69) is 9.97 Å². The molecule has 1 saturated carbocycles. The van der Waals surface area contributed by atoms with E-state index < -0.39 is 5.41 Å². The maximum absolute atomic E-state index is 12.5. The third-order valence-electron chi connectivity index (χ3n) is 3.51. The second kappa shape index (κ2) is 4.79. The second-order valence-corrected chi connectivity index (χ2v) is 4.43. The Bertz CT molecular complexity index is 414. The first-order chi connectivity index (χ1) is 8.23. The Kier molecular flexibility index (Phi) is 3.38. The van der Waals surface area contributed by atoms with E-state index in [1.165, 1.54) is 19.5 Å². The number of ether oxygens (including phenoxy) is 1. The van der Waals surface area contributed by atoms with E-state index in [9.17, 15) is 4.79 Å². The van der Waals surface area contributed by atoms with Crippen molar-refractivity contribution < 1.29 is 9.53 Å². The molecule has 5 heteroatoms. The van der Waals surface area contributed by atoms with Crippen LogP contribution in [0, 0.1) is 5.41 Å². The summed E-state index contributed by atoms with van der Waals surface area (Å²) in [5.74, 6) is 0.264. The number of nitrogens with zero attached hydrogens (tertiary/aromatic N) is 2. The normalized spacial score (nSPS) is 18.0. The zero-order valence-corrected chi connectivity index (χ0v) is 9.98. The van der Waals surface area contributed by atoms with Gasteiger partial charge < -0.3 is 10.5 Å². The topological polar surface area (TPSA) is 78.1 Å². The predicted molar refractivity (Wildman–Crippen MR) is 62.9 cm³/mol. The highest BCUT2D eigenvalue weighted by Crippen LogP contribution is 2.40. The minimum Gasteiger partial charge on any atom is -0.479 e. The van der Waals surface area contributed by atoms with Crippen LogP contribution < -0.4 is 10.5 Å². The third-order valence-corrected chi connectivity index (χ3v) is 3.51. The van der Waals surface area contributed by atoms with Gasteiger partial charge in [-0.25, -0.2) is 9.97 Å². The summed E-state index contributed by atoms with van der Waals surface area (Å²) in [6.07, 6.45) is 6.79. The molecule has 0 saturated heterocycles. The summed E-state index contributed by atoms with van der Waals surface area (Å²) >= 11 is 0. The fourth-order valence-electron chi connectivity index (χ4n) is 2.46. The van der Waals surface area contributed by atoms with Gasteiger partial charge in [0.05, 0.1) is 7.11 Å². The summed E-state index contributed by atoms with van der Waals surface area (Å²) < 4.78 is 5.08. The van der Waals surface area contributed by atoms with Crippen molar-refractivity contribution in [3.63, 3.8) is 0 Å². The number of Topliss-reactive ketones (excluding diaryl/α,β-unsaturated/α-hetero) is 1. The van der Waals surface area contributed by atoms with Crippen LogP contribution in [-0.4, -0.2) is 29.4 Å². The average molecular weight is 235 g/mol. The van der Waals surface area contributed by atoms with Crippen LogP contribution in [0.5, 0.6) is 5.88 Å². The smallest absolute Gasteiger partial charge is 0.243 e.